The molecule has 2 aromatic heterocycles. The Morgan fingerprint density at radius 3 is 2.56 bits per heavy atom. The Bertz CT molecular complexity index is 1320. The molecule has 0 bridgehead atoms. The van der Waals surface area contributed by atoms with E-state index in [9.17, 15) is 18.8 Å². The fraction of sp³-hybridized carbons (Fsp3) is 0.381. The first-order valence-corrected chi connectivity index (χ1v) is 11.2. The van der Waals surface area contributed by atoms with Crippen LogP contribution in [0.1, 0.15) is 26.6 Å². The summed E-state index contributed by atoms with van der Waals surface area (Å²) < 4.78 is 15.7. The van der Waals surface area contributed by atoms with Gasteiger partial charge >= 0.3 is 5.69 Å². The molecule has 0 fully saturated rings. The van der Waals surface area contributed by atoms with Gasteiger partial charge in [0.25, 0.3) is 5.56 Å². The smallest absolute Gasteiger partial charge is 0.324 e. The molecule has 3 aromatic rings. The van der Waals surface area contributed by atoms with Gasteiger partial charge in [0.15, 0.2) is 5.65 Å². The molecule has 0 spiro atoms. The van der Waals surface area contributed by atoms with Crippen molar-refractivity contribution in [3.63, 3.8) is 0 Å². The van der Waals surface area contributed by atoms with Crippen molar-refractivity contribution < 1.29 is 9.18 Å². The number of aryl methyl sites for hydroxylation is 1. The van der Waals surface area contributed by atoms with Crippen LogP contribution in [-0.4, -0.2) is 30.3 Å². The monoisotopic (exact) mass is 479 g/mol. The quantitative estimate of drug-likeness (QED) is 0.430. The number of carbonyl (C=O) groups excluding carboxylic acids is 1. The van der Waals surface area contributed by atoms with Gasteiger partial charge in [-0.2, -0.15) is 0 Å². The van der Waals surface area contributed by atoms with Crippen LogP contribution in [0.2, 0.25) is 5.02 Å². The van der Waals surface area contributed by atoms with E-state index in [4.69, 9.17) is 11.6 Å². The van der Waals surface area contributed by atoms with Crippen LogP contribution in [0, 0.1) is 18.7 Å². The number of amides is 1. The number of benzene rings is 1. The predicted molar refractivity (Wildman–Crippen MR) is 124 cm³/mol. The van der Waals surface area contributed by atoms with Crippen LogP contribution in [0.5, 0.6) is 0 Å². The zero-order valence-corrected chi connectivity index (χ0v) is 19.8. The maximum absolute atomic E-state index is 13.3. The van der Waals surface area contributed by atoms with Crippen LogP contribution >= 0.6 is 23.4 Å². The Kier molecular flexibility index (Phi) is 7.04. The van der Waals surface area contributed by atoms with Crippen LogP contribution < -0.4 is 16.6 Å². The maximum Gasteiger partial charge on any atom is 0.332 e. The average molecular weight is 480 g/mol. The molecule has 32 heavy (non-hydrogen) atoms. The lowest BCUT2D eigenvalue weighted by atomic mass is 10.2. The molecule has 170 valence electrons. The minimum atomic E-state index is -0.677. The highest BCUT2D eigenvalue weighted by Crippen LogP contribution is 2.29. The number of nitrogens with zero attached hydrogens (tertiary/aromatic N) is 4. The molecule has 1 atom stereocenters. The van der Waals surface area contributed by atoms with E-state index in [1.54, 1.807) is 13.8 Å². The Hall–Kier alpha value is -2.72. The van der Waals surface area contributed by atoms with Gasteiger partial charge in [0.2, 0.25) is 5.91 Å². The van der Waals surface area contributed by atoms with Gasteiger partial charge in [0.05, 0.1) is 16.0 Å². The fourth-order valence-corrected chi connectivity index (χ4v) is 4.30. The molecule has 11 heteroatoms. The second-order valence-electron chi connectivity index (χ2n) is 7.80. The minimum Gasteiger partial charge on any atom is -0.324 e. The Morgan fingerprint density at radius 1 is 1.25 bits per heavy atom. The number of halogens is 2. The molecule has 2 heterocycles. The van der Waals surface area contributed by atoms with Crippen molar-refractivity contribution in [3.05, 3.63) is 55.7 Å². The van der Waals surface area contributed by atoms with Crippen LogP contribution in [0.15, 0.2) is 32.8 Å². The van der Waals surface area contributed by atoms with E-state index in [-0.39, 0.29) is 27.7 Å². The Morgan fingerprint density at radius 2 is 1.94 bits per heavy atom. The van der Waals surface area contributed by atoms with Crippen LogP contribution in [0.4, 0.5) is 10.1 Å². The zero-order chi connectivity index (χ0) is 23.7. The molecule has 3 rings (SSSR count). The van der Waals surface area contributed by atoms with E-state index in [2.05, 4.69) is 15.3 Å². The van der Waals surface area contributed by atoms with Crippen LogP contribution in [0.25, 0.3) is 11.0 Å². The number of carbonyl (C=O) groups is 1. The zero-order valence-electron chi connectivity index (χ0n) is 18.3. The van der Waals surface area contributed by atoms with E-state index in [1.807, 2.05) is 13.8 Å². The number of thioether (sulfide) groups is 1. The second kappa shape index (κ2) is 9.41. The minimum absolute atomic E-state index is 0.0745. The van der Waals surface area contributed by atoms with E-state index in [0.717, 1.165) is 22.4 Å². The van der Waals surface area contributed by atoms with Gasteiger partial charge in [0.1, 0.15) is 22.1 Å². The molecule has 0 aliphatic rings. The van der Waals surface area contributed by atoms with Crippen molar-refractivity contribution in [1.82, 2.24) is 19.1 Å². The van der Waals surface area contributed by atoms with Crippen molar-refractivity contribution in [2.75, 3.05) is 5.32 Å². The third-order valence-electron chi connectivity index (χ3n) is 4.65. The predicted octanol–water partition coefficient (Wildman–Crippen LogP) is 3.37. The summed E-state index contributed by atoms with van der Waals surface area (Å²) in [6.07, 6.45) is 0. The second-order valence-corrected chi connectivity index (χ2v) is 9.54. The summed E-state index contributed by atoms with van der Waals surface area (Å²) in [5.74, 6) is -0.397. The molecule has 8 nitrogen and oxygen atoms in total. The fourth-order valence-electron chi connectivity index (χ4n) is 3.10. The summed E-state index contributed by atoms with van der Waals surface area (Å²) in [7, 11) is 1.40. The normalized spacial score (nSPS) is 12.4. The molecule has 0 aliphatic heterocycles. The van der Waals surface area contributed by atoms with Gasteiger partial charge in [-0.15, -0.1) is 0 Å². The number of nitrogens with one attached hydrogen (secondary N) is 1. The third kappa shape index (κ3) is 4.86. The van der Waals surface area contributed by atoms with Gasteiger partial charge in [-0.25, -0.2) is 19.2 Å². The first-order chi connectivity index (χ1) is 15.0. The lowest BCUT2D eigenvalue weighted by Gasteiger charge is -2.17. The summed E-state index contributed by atoms with van der Waals surface area (Å²) in [6, 6.07) is 3.67. The first-order valence-electron chi connectivity index (χ1n) is 9.90. The SMILES string of the molecule is Cc1nc(S[C@H](C)C(=O)Nc2ccc(F)cc2Cl)c2c(=O)n(C)c(=O)n(CC(C)C)c2n1. The molecular formula is C21H23ClFN5O3S. The summed E-state index contributed by atoms with van der Waals surface area (Å²) >= 11 is 7.06. The summed E-state index contributed by atoms with van der Waals surface area (Å²) in [5, 5.41) is 2.54. The Balaban J connectivity index is 2.03. The lowest BCUT2D eigenvalue weighted by molar-refractivity contribution is -0.115. The topological polar surface area (TPSA) is 98.9 Å². The highest BCUT2D eigenvalue weighted by Gasteiger charge is 2.23. The number of rotatable bonds is 6. The van der Waals surface area contributed by atoms with Gasteiger partial charge in [0, 0.05) is 13.6 Å². The number of anilines is 1. The molecule has 0 saturated heterocycles. The van der Waals surface area contributed by atoms with E-state index in [1.165, 1.54) is 23.7 Å². The van der Waals surface area contributed by atoms with Crippen molar-refractivity contribution >= 4 is 46.0 Å². The van der Waals surface area contributed by atoms with E-state index >= 15 is 0 Å². The number of hydrogen-bond acceptors (Lipinski definition) is 6. The van der Waals surface area contributed by atoms with Crippen molar-refractivity contribution in [1.29, 1.82) is 0 Å². The average Bonchev–Trinajstić information content (AvgIpc) is 2.70. The largest absolute Gasteiger partial charge is 0.332 e. The number of aromatic nitrogens is 4. The lowest BCUT2D eigenvalue weighted by Crippen LogP contribution is -2.39. The molecule has 0 aliphatic carbocycles. The summed E-state index contributed by atoms with van der Waals surface area (Å²) in [6.45, 7) is 7.60. The van der Waals surface area contributed by atoms with Gasteiger partial charge in [-0.3, -0.25) is 18.7 Å². The standard InChI is InChI=1S/C21H23ClFN5O3S/c1-10(2)9-28-17-16(20(30)27(5)21(28)31)19(25-12(4)24-17)32-11(3)18(29)26-15-7-6-13(23)8-14(15)22/h6-8,10-11H,9H2,1-5H3,(H,26,29)/t11-/m1/s1. The van der Waals surface area contributed by atoms with Gasteiger partial charge in [-0.1, -0.05) is 37.2 Å². The summed E-state index contributed by atoms with van der Waals surface area (Å²) in [4.78, 5) is 47.1. The van der Waals surface area contributed by atoms with E-state index < -0.39 is 28.2 Å². The van der Waals surface area contributed by atoms with Crippen LogP contribution in [-0.2, 0) is 18.4 Å². The number of fused-ring (bicyclic) bond motifs is 1. The molecule has 0 unspecified atom stereocenters. The van der Waals surface area contributed by atoms with Crippen molar-refractivity contribution in [2.45, 2.75) is 44.5 Å². The first kappa shape index (κ1) is 23.9. The third-order valence-corrected chi connectivity index (χ3v) is 6.05. The van der Waals surface area contributed by atoms with Gasteiger partial charge in [-0.05, 0) is 38.0 Å². The van der Waals surface area contributed by atoms with Crippen molar-refractivity contribution in [2.24, 2.45) is 13.0 Å². The van der Waals surface area contributed by atoms with Crippen LogP contribution in [0.3, 0.4) is 0 Å². The molecular weight excluding hydrogens is 457 g/mol. The van der Waals surface area contributed by atoms with Gasteiger partial charge < -0.3 is 5.32 Å². The summed E-state index contributed by atoms with van der Waals surface area (Å²) in [5.41, 5.74) is -0.462. The molecule has 0 saturated carbocycles. The van der Waals surface area contributed by atoms with Crippen molar-refractivity contribution in [3.8, 4) is 0 Å². The Labute approximate surface area is 192 Å². The number of hydrogen-bond donors (Lipinski definition) is 1. The highest BCUT2D eigenvalue weighted by atomic mass is 35.5. The molecule has 0 radical (unpaired) electrons. The maximum atomic E-state index is 13.3. The molecule has 1 amide bonds. The van der Waals surface area contributed by atoms with E-state index in [0.29, 0.717) is 17.4 Å². The molecule has 1 N–H and O–H groups in total. The highest BCUT2D eigenvalue weighted by molar-refractivity contribution is 8.00. The molecule has 1 aromatic carbocycles.